The SMILES string of the molecule is CNC(=O)C[C@H](CCc1ccc(C(=N)N)cc1)c1cccc(C(=N)N)c1. The Bertz CT molecular complexity index is 798. The topological polar surface area (TPSA) is 129 Å². The molecule has 0 unspecified atom stereocenters. The van der Waals surface area contributed by atoms with Crippen molar-refractivity contribution in [1.82, 2.24) is 5.32 Å². The van der Waals surface area contributed by atoms with E-state index in [-0.39, 0.29) is 23.5 Å². The fourth-order valence-electron chi connectivity index (χ4n) is 2.86. The van der Waals surface area contributed by atoms with Gasteiger partial charge >= 0.3 is 0 Å². The van der Waals surface area contributed by atoms with Crippen LogP contribution in [0.1, 0.15) is 41.0 Å². The number of nitrogens with two attached hydrogens (primary N) is 2. The van der Waals surface area contributed by atoms with E-state index in [4.69, 9.17) is 22.3 Å². The van der Waals surface area contributed by atoms with Crippen LogP contribution in [0.15, 0.2) is 48.5 Å². The van der Waals surface area contributed by atoms with E-state index in [2.05, 4.69) is 5.32 Å². The monoisotopic (exact) mass is 351 g/mol. The van der Waals surface area contributed by atoms with Crippen molar-refractivity contribution in [2.24, 2.45) is 11.5 Å². The molecule has 0 aliphatic heterocycles. The Labute approximate surface area is 153 Å². The summed E-state index contributed by atoms with van der Waals surface area (Å²) >= 11 is 0. The molecule has 1 amide bonds. The number of amidine groups is 2. The van der Waals surface area contributed by atoms with Gasteiger partial charge in [-0.3, -0.25) is 15.6 Å². The van der Waals surface area contributed by atoms with Crippen LogP contribution >= 0.6 is 0 Å². The van der Waals surface area contributed by atoms with E-state index in [1.807, 2.05) is 42.5 Å². The number of nitrogen functional groups attached to an aromatic ring is 2. The van der Waals surface area contributed by atoms with Gasteiger partial charge < -0.3 is 16.8 Å². The molecule has 2 aromatic rings. The number of carbonyl (C=O) groups is 1. The molecule has 0 aliphatic rings. The first kappa shape index (κ1) is 19.2. The Hall–Kier alpha value is -3.15. The van der Waals surface area contributed by atoms with Crippen LogP contribution in [-0.2, 0) is 11.2 Å². The summed E-state index contributed by atoms with van der Waals surface area (Å²) in [5.41, 5.74) is 14.6. The molecular formula is C20H25N5O. The lowest BCUT2D eigenvalue weighted by atomic mass is 9.88. The molecule has 0 heterocycles. The quantitative estimate of drug-likeness (QED) is 0.369. The molecular weight excluding hydrogens is 326 g/mol. The molecule has 0 radical (unpaired) electrons. The Morgan fingerprint density at radius 1 is 1.04 bits per heavy atom. The minimum Gasteiger partial charge on any atom is -0.384 e. The van der Waals surface area contributed by atoms with Crippen LogP contribution < -0.4 is 16.8 Å². The molecule has 0 aromatic heterocycles. The fraction of sp³-hybridized carbons (Fsp3) is 0.250. The first-order valence-corrected chi connectivity index (χ1v) is 8.49. The van der Waals surface area contributed by atoms with Crippen LogP contribution in [0.5, 0.6) is 0 Å². The largest absolute Gasteiger partial charge is 0.384 e. The number of rotatable bonds is 8. The molecule has 6 nitrogen and oxygen atoms in total. The molecule has 136 valence electrons. The van der Waals surface area contributed by atoms with Crippen LogP contribution in [0.3, 0.4) is 0 Å². The van der Waals surface area contributed by atoms with Crippen molar-refractivity contribution in [3.05, 3.63) is 70.8 Å². The van der Waals surface area contributed by atoms with Crippen LogP contribution in [0, 0.1) is 10.8 Å². The summed E-state index contributed by atoms with van der Waals surface area (Å²) in [4.78, 5) is 11.9. The number of amides is 1. The third kappa shape index (κ3) is 5.17. The highest BCUT2D eigenvalue weighted by Crippen LogP contribution is 2.26. The fourth-order valence-corrected chi connectivity index (χ4v) is 2.86. The van der Waals surface area contributed by atoms with Crippen LogP contribution in [0.25, 0.3) is 0 Å². The normalized spacial score (nSPS) is 11.6. The van der Waals surface area contributed by atoms with Gasteiger partial charge in [0.1, 0.15) is 11.7 Å². The lowest BCUT2D eigenvalue weighted by Gasteiger charge is -2.18. The highest BCUT2D eigenvalue weighted by molar-refractivity contribution is 5.95. The van der Waals surface area contributed by atoms with Crippen molar-refractivity contribution >= 4 is 17.6 Å². The molecule has 0 fully saturated rings. The zero-order valence-electron chi connectivity index (χ0n) is 14.9. The molecule has 0 saturated carbocycles. The summed E-state index contributed by atoms with van der Waals surface area (Å²) in [6.07, 6.45) is 1.96. The van der Waals surface area contributed by atoms with Crippen molar-refractivity contribution in [2.45, 2.75) is 25.2 Å². The summed E-state index contributed by atoms with van der Waals surface area (Å²) in [6.45, 7) is 0. The first-order chi connectivity index (χ1) is 12.4. The number of hydrogen-bond acceptors (Lipinski definition) is 3. The van der Waals surface area contributed by atoms with E-state index < -0.39 is 0 Å². The molecule has 1 atom stereocenters. The van der Waals surface area contributed by atoms with Gasteiger partial charge in [-0.15, -0.1) is 0 Å². The van der Waals surface area contributed by atoms with Crippen LogP contribution in [-0.4, -0.2) is 24.6 Å². The highest BCUT2D eigenvalue weighted by Gasteiger charge is 2.16. The zero-order valence-corrected chi connectivity index (χ0v) is 14.9. The number of benzene rings is 2. The standard InChI is InChI=1S/C20H25N5O/c1-25-18(26)12-16(15-3-2-4-17(11-15)20(23)24)10-7-13-5-8-14(9-6-13)19(21)22/h2-6,8-9,11,16H,7,10,12H2,1H3,(H3,21,22)(H3,23,24)(H,25,26)/t16-/m0/s1. The maximum absolute atomic E-state index is 11.9. The van der Waals surface area contributed by atoms with Crippen LogP contribution in [0.2, 0.25) is 0 Å². The van der Waals surface area contributed by atoms with Gasteiger partial charge in [-0.1, -0.05) is 42.5 Å². The average Bonchev–Trinajstić information content (AvgIpc) is 2.65. The maximum Gasteiger partial charge on any atom is 0.220 e. The van der Waals surface area contributed by atoms with E-state index in [0.29, 0.717) is 17.5 Å². The number of nitrogens with one attached hydrogen (secondary N) is 3. The number of carbonyl (C=O) groups excluding carboxylic acids is 1. The van der Waals surface area contributed by atoms with Gasteiger partial charge in [0.2, 0.25) is 5.91 Å². The molecule has 0 bridgehead atoms. The summed E-state index contributed by atoms with van der Waals surface area (Å²) in [7, 11) is 1.63. The maximum atomic E-state index is 11.9. The van der Waals surface area contributed by atoms with Gasteiger partial charge in [-0.2, -0.15) is 0 Å². The smallest absolute Gasteiger partial charge is 0.220 e. The van der Waals surface area contributed by atoms with E-state index in [1.54, 1.807) is 13.1 Å². The van der Waals surface area contributed by atoms with Gasteiger partial charge in [0.15, 0.2) is 0 Å². The molecule has 7 N–H and O–H groups in total. The molecule has 0 saturated heterocycles. The van der Waals surface area contributed by atoms with E-state index >= 15 is 0 Å². The van der Waals surface area contributed by atoms with Crippen molar-refractivity contribution in [2.75, 3.05) is 7.05 Å². The second kappa shape index (κ2) is 8.80. The van der Waals surface area contributed by atoms with Crippen LogP contribution in [0.4, 0.5) is 0 Å². The molecule has 0 aliphatic carbocycles. The molecule has 26 heavy (non-hydrogen) atoms. The van der Waals surface area contributed by atoms with Gasteiger partial charge in [-0.05, 0) is 36.0 Å². The van der Waals surface area contributed by atoms with Gasteiger partial charge in [-0.25, -0.2) is 0 Å². The lowest BCUT2D eigenvalue weighted by molar-refractivity contribution is -0.121. The van der Waals surface area contributed by atoms with E-state index in [1.165, 1.54) is 0 Å². The molecule has 2 aromatic carbocycles. The van der Waals surface area contributed by atoms with E-state index in [0.717, 1.165) is 24.0 Å². The van der Waals surface area contributed by atoms with Gasteiger partial charge in [0.05, 0.1) is 0 Å². The highest BCUT2D eigenvalue weighted by atomic mass is 16.1. The second-order valence-corrected chi connectivity index (χ2v) is 6.26. The first-order valence-electron chi connectivity index (χ1n) is 8.49. The lowest BCUT2D eigenvalue weighted by Crippen LogP contribution is -2.21. The van der Waals surface area contributed by atoms with E-state index in [9.17, 15) is 4.79 Å². The Kier molecular flexibility index (Phi) is 6.49. The molecule has 0 spiro atoms. The number of aryl methyl sites for hydroxylation is 1. The van der Waals surface area contributed by atoms with Crippen molar-refractivity contribution in [3.8, 4) is 0 Å². The predicted octanol–water partition coefficient (Wildman–Crippen LogP) is 2.11. The molecule has 6 heteroatoms. The summed E-state index contributed by atoms with van der Waals surface area (Å²) < 4.78 is 0. The van der Waals surface area contributed by atoms with Gasteiger partial charge in [0.25, 0.3) is 0 Å². The Morgan fingerprint density at radius 2 is 1.69 bits per heavy atom. The third-order valence-corrected chi connectivity index (χ3v) is 4.43. The van der Waals surface area contributed by atoms with Crippen molar-refractivity contribution < 1.29 is 4.79 Å². The Balaban J connectivity index is 2.16. The Morgan fingerprint density at radius 3 is 2.27 bits per heavy atom. The number of hydrogen-bond donors (Lipinski definition) is 5. The summed E-state index contributed by atoms with van der Waals surface area (Å²) in [6, 6.07) is 15.1. The molecule has 2 rings (SSSR count). The summed E-state index contributed by atoms with van der Waals surface area (Å²) in [5, 5.41) is 17.7. The van der Waals surface area contributed by atoms with Crippen molar-refractivity contribution in [1.29, 1.82) is 10.8 Å². The zero-order chi connectivity index (χ0) is 19.1. The second-order valence-electron chi connectivity index (χ2n) is 6.26. The summed E-state index contributed by atoms with van der Waals surface area (Å²) in [5.74, 6) is 0.0809. The average molecular weight is 351 g/mol. The third-order valence-electron chi connectivity index (χ3n) is 4.43. The minimum absolute atomic E-state index is 0.0184. The van der Waals surface area contributed by atoms with Crippen molar-refractivity contribution in [3.63, 3.8) is 0 Å². The minimum atomic E-state index is -0.0184. The van der Waals surface area contributed by atoms with Gasteiger partial charge in [0, 0.05) is 24.6 Å². The predicted molar refractivity (Wildman–Crippen MR) is 105 cm³/mol.